The average molecular weight is 378 g/mol. The lowest BCUT2D eigenvalue weighted by molar-refractivity contribution is -0.138. The van der Waals surface area contributed by atoms with Crippen molar-refractivity contribution < 1.29 is 9.59 Å². The molecule has 146 valence electrons. The number of pyridine rings is 2. The molecule has 4 heterocycles. The molecule has 2 aliphatic heterocycles. The van der Waals surface area contributed by atoms with E-state index < -0.39 is 0 Å². The van der Waals surface area contributed by atoms with E-state index in [1.165, 1.54) is 5.56 Å². The molecular formula is C22H26N4O2. The monoisotopic (exact) mass is 378 g/mol. The lowest BCUT2D eigenvalue weighted by Gasteiger charge is -2.47. The molecule has 1 spiro atoms. The minimum Gasteiger partial charge on any atom is -0.342 e. The van der Waals surface area contributed by atoms with E-state index in [1.54, 1.807) is 36.9 Å². The van der Waals surface area contributed by atoms with Crippen molar-refractivity contribution in [1.82, 2.24) is 19.8 Å². The first kappa shape index (κ1) is 18.6. The number of hydrogen-bond donors (Lipinski definition) is 0. The van der Waals surface area contributed by atoms with Gasteiger partial charge < -0.3 is 9.80 Å². The van der Waals surface area contributed by atoms with Crippen molar-refractivity contribution in [2.24, 2.45) is 5.41 Å². The molecule has 28 heavy (non-hydrogen) atoms. The van der Waals surface area contributed by atoms with Gasteiger partial charge in [-0.1, -0.05) is 0 Å². The standard InChI is InChI=1S/C22H26N4O2/c27-20-1-7-22(17-26(20)14-6-18-2-10-23-11-3-18)8-15-25(16-9-22)21(28)19-4-12-24-13-5-19/h2-5,10-13H,1,6-9,14-17H2. The SMILES string of the molecule is O=C1CCC2(CCN(C(=O)c3ccncc3)CC2)CN1CCc1ccncc1. The fourth-order valence-electron chi connectivity index (χ4n) is 4.39. The Balaban J connectivity index is 1.35. The zero-order valence-corrected chi connectivity index (χ0v) is 16.1. The van der Waals surface area contributed by atoms with Gasteiger partial charge in [0, 0.05) is 63.0 Å². The second-order valence-corrected chi connectivity index (χ2v) is 7.95. The summed E-state index contributed by atoms with van der Waals surface area (Å²) in [5.41, 5.74) is 2.06. The Hall–Kier alpha value is -2.76. The van der Waals surface area contributed by atoms with E-state index in [2.05, 4.69) is 9.97 Å². The molecule has 6 nitrogen and oxygen atoms in total. The smallest absolute Gasteiger partial charge is 0.253 e. The normalized spacial score (nSPS) is 19.1. The first-order valence-electron chi connectivity index (χ1n) is 10.0. The van der Waals surface area contributed by atoms with Crippen LogP contribution in [0.3, 0.4) is 0 Å². The molecule has 2 saturated heterocycles. The molecule has 0 aliphatic carbocycles. The van der Waals surface area contributed by atoms with Crippen LogP contribution in [0.5, 0.6) is 0 Å². The van der Waals surface area contributed by atoms with Crippen LogP contribution in [0, 0.1) is 5.41 Å². The highest BCUT2D eigenvalue weighted by molar-refractivity contribution is 5.94. The molecule has 0 atom stereocenters. The van der Waals surface area contributed by atoms with Gasteiger partial charge in [-0.3, -0.25) is 19.6 Å². The van der Waals surface area contributed by atoms with Gasteiger partial charge in [0.1, 0.15) is 0 Å². The van der Waals surface area contributed by atoms with Gasteiger partial charge in [-0.15, -0.1) is 0 Å². The molecule has 6 heteroatoms. The predicted octanol–water partition coefficient (Wildman–Crippen LogP) is 2.56. The van der Waals surface area contributed by atoms with E-state index in [1.807, 2.05) is 21.9 Å². The van der Waals surface area contributed by atoms with Crippen LogP contribution in [0.25, 0.3) is 0 Å². The van der Waals surface area contributed by atoms with Gasteiger partial charge in [0.15, 0.2) is 0 Å². The van der Waals surface area contributed by atoms with Crippen LogP contribution in [0.1, 0.15) is 41.6 Å². The molecule has 2 aliphatic rings. The van der Waals surface area contributed by atoms with Crippen molar-refractivity contribution in [2.75, 3.05) is 26.2 Å². The van der Waals surface area contributed by atoms with Crippen LogP contribution in [-0.4, -0.2) is 57.8 Å². The van der Waals surface area contributed by atoms with Crippen molar-refractivity contribution in [1.29, 1.82) is 0 Å². The minimum atomic E-state index is 0.0821. The summed E-state index contributed by atoms with van der Waals surface area (Å²) in [7, 11) is 0. The van der Waals surface area contributed by atoms with Crippen LogP contribution < -0.4 is 0 Å². The lowest BCUT2D eigenvalue weighted by Crippen LogP contribution is -2.52. The number of likely N-dealkylation sites (tertiary alicyclic amines) is 2. The van der Waals surface area contributed by atoms with E-state index in [-0.39, 0.29) is 17.2 Å². The van der Waals surface area contributed by atoms with Gasteiger partial charge in [-0.05, 0) is 60.9 Å². The lowest BCUT2D eigenvalue weighted by atomic mass is 9.72. The van der Waals surface area contributed by atoms with Crippen LogP contribution in [-0.2, 0) is 11.2 Å². The van der Waals surface area contributed by atoms with Gasteiger partial charge in [0.25, 0.3) is 5.91 Å². The first-order valence-corrected chi connectivity index (χ1v) is 10.0. The van der Waals surface area contributed by atoms with Crippen molar-refractivity contribution in [2.45, 2.75) is 32.1 Å². The highest BCUT2D eigenvalue weighted by Crippen LogP contribution is 2.40. The van der Waals surface area contributed by atoms with Crippen LogP contribution in [0.2, 0.25) is 0 Å². The maximum atomic E-state index is 12.7. The quantitative estimate of drug-likeness (QED) is 0.820. The number of piperidine rings is 2. The van der Waals surface area contributed by atoms with Gasteiger partial charge in [0.05, 0.1) is 0 Å². The van der Waals surface area contributed by atoms with E-state index in [0.29, 0.717) is 12.0 Å². The predicted molar refractivity (Wildman–Crippen MR) is 106 cm³/mol. The first-order chi connectivity index (χ1) is 13.7. The Morgan fingerprint density at radius 1 is 0.964 bits per heavy atom. The molecule has 0 aromatic carbocycles. The second-order valence-electron chi connectivity index (χ2n) is 7.95. The third-order valence-electron chi connectivity index (χ3n) is 6.21. The van der Waals surface area contributed by atoms with Gasteiger partial charge in [-0.2, -0.15) is 0 Å². The summed E-state index contributed by atoms with van der Waals surface area (Å²) in [5.74, 6) is 0.341. The molecule has 0 radical (unpaired) electrons. The molecule has 2 amide bonds. The van der Waals surface area contributed by atoms with Crippen LogP contribution >= 0.6 is 0 Å². The Morgan fingerprint density at radius 2 is 1.61 bits per heavy atom. The Labute approximate surface area is 165 Å². The molecule has 0 unspecified atom stereocenters. The molecule has 2 fully saturated rings. The summed E-state index contributed by atoms with van der Waals surface area (Å²) in [6, 6.07) is 7.56. The number of aromatic nitrogens is 2. The summed E-state index contributed by atoms with van der Waals surface area (Å²) in [4.78, 5) is 37.1. The number of amides is 2. The molecular weight excluding hydrogens is 352 g/mol. The zero-order chi connectivity index (χ0) is 19.4. The maximum Gasteiger partial charge on any atom is 0.253 e. The number of rotatable bonds is 4. The van der Waals surface area contributed by atoms with Crippen molar-refractivity contribution in [3.05, 3.63) is 60.2 Å². The van der Waals surface area contributed by atoms with Crippen molar-refractivity contribution >= 4 is 11.8 Å². The summed E-state index contributed by atoms with van der Waals surface area (Å²) in [6.45, 7) is 3.08. The molecule has 4 rings (SSSR count). The van der Waals surface area contributed by atoms with Gasteiger partial charge in [-0.25, -0.2) is 0 Å². The fraction of sp³-hybridized carbons (Fsp3) is 0.455. The van der Waals surface area contributed by atoms with E-state index in [4.69, 9.17) is 0 Å². The summed E-state index contributed by atoms with van der Waals surface area (Å²) in [5, 5.41) is 0. The fourth-order valence-corrected chi connectivity index (χ4v) is 4.39. The second kappa shape index (κ2) is 8.09. The molecule has 0 N–H and O–H groups in total. The zero-order valence-electron chi connectivity index (χ0n) is 16.1. The van der Waals surface area contributed by atoms with E-state index in [0.717, 1.165) is 51.9 Å². The van der Waals surface area contributed by atoms with Gasteiger partial charge in [0.2, 0.25) is 5.91 Å². The summed E-state index contributed by atoms with van der Waals surface area (Å²) < 4.78 is 0. The van der Waals surface area contributed by atoms with Crippen LogP contribution in [0.4, 0.5) is 0 Å². The molecule has 0 bridgehead atoms. The molecule has 2 aromatic rings. The Morgan fingerprint density at radius 3 is 2.29 bits per heavy atom. The Bertz CT molecular complexity index is 817. The van der Waals surface area contributed by atoms with Gasteiger partial charge >= 0.3 is 0 Å². The van der Waals surface area contributed by atoms with E-state index in [9.17, 15) is 9.59 Å². The molecule has 0 saturated carbocycles. The van der Waals surface area contributed by atoms with Crippen molar-refractivity contribution in [3.63, 3.8) is 0 Å². The summed E-state index contributed by atoms with van der Waals surface area (Å²) in [6.07, 6.45) is 11.2. The minimum absolute atomic E-state index is 0.0821. The Kier molecular flexibility index (Phi) is 5.37. The van der Waals surface area contributed by atoms with Crippen molar-refractivity contribution in [3.8, 4) is 0 Å². The maximum absolute atomic E-state index is 12.7. The number of hydrogen-bond acceptors (Lipinski definition) is 4. The highest BCUT2D eigenvalue weighted by Gasteiger charge is 2.41. The molecule has 2 aromatic heterocycles. The topological polar surface area (TPSA) is 66.4 Å². The average Bonchev–Trinajstić information content (AvgIpc) is 2.76. The third-order valence-corrected chi connectivity index (χ3v) is 6.21. The van der Waals surface area contributed by atoms with Crippen LogP contribution in [0.15, 0.2) is 49.1 Å². The third kappa shape index (κ3) is 4.06. The number of carbonyl (C=O) groups excluding carboxylic acids is 2. The number of nitrogens with zero attached hydrogens (tertiary/aromatic N) is 4. The van der Waals surface area contributed by atoms with E-state index >= 15 is 0 Å². The highest BCUT2D eigenvalue weighted by atomic mass is 16.2. The summed E-state index contributed by atoms with van der Waals surface area (Å²) >= 11 is 0. The largest absolute Gasteiger partial charge is 0.342 e. The number of carbonyl (C=O) groups is 2.